The maximum absolute atomic E-state index is 12.4. The normalized spacial score (nSPS) is 17.6. The van der Waals surface area contributed by atoms with E-state index in [1.807, 2.05) is 0 Å². The van der Waals surface area contributed by atoms with Crippen molar-refractivity contribution < 1.29 is 9.53 Å². The third kappa shape index (κ3) is 1.50. The fourth-order valence-electron chi connectivity index (χ4n) is 2.17. The molecule has 1 aromatic carbocycles. The van der Waals surface area contributed by atoms with E-state index in [1.54, 1.807) is 18.2 Å². The molecule has 0 unspecified atom stereocenters. The number of benzene rings is 1. The maximum Gasteiger partial charge on any atom is 0.323 e. The van der Waals surface area contributed by atoms with Crippen molar-refractivity contribution in [3.8, 4) is 0 Å². The number of nitrogens with one attached hydrogen (secondary N) is 2. The molecule has 2 aromatic rings. The number of imidazole rings is 1. The Labute approximate surface area is 102 Å². The summed E-state index contributed by atoms with van der Waals surface area (Å²) >= 11 is 0. The van der Waals surface area contributed by atoms with E-state index < -0.39 is 5.41 Å². The van der Waals surface area contributed by atoms with Gasteiger partial charge in [0.05, 0.1) is 29.7 Å². The molecule has 1 aliphatic heterocycles. The van der Waals surface area contributed by atoms with Gasteiger partial charge in [0.25, 0.3) is 0 Å². The molecule has 0 atom stereocenters. The van der Waals surface area contributed by atoms with E-state index in [1.165, 1.54) is 0 Å². The smallest absolute Gasteiger partial charge is 0.323 e. The lowest BCUT2D eigenvalue weighted by Crippen LogP contribution is -2.54. The fourth-order valence-corrected chi connectivity index (χ4v) is 2.17. The Morgan fingerprint density at radius 3 is 2.67 bits per heavy atom. The predicted molar refractivity (Wildman–Crippen MR) is 65.6 cm³/mol. The number of hydrogen-bond donors (Lipinski definition) is 3. The summed E-state index contributed by atoms with van der Waals surface area (Å²) in [7, 11) is 0. The Morgan fingerprint density at radius 1 is 1.33 bits per heavy atom. The Morgan fingerprint density at radius 2 is 2.06 bits per heavy atom. The zero-order valence-corrected chi connectivity index (χ0v) is 9.66. The molecular formula is C12H13N3O3. The second-order valence-corrected chi connectivity index (χ2v) is 4.65. The summed E-state index contributed by atoms with van der Waals surface area (Å²) in [5, 5.41) is 0. The number of rotatable bonds is 3. The molecular weight excluding hydrogens is 234 g/mol. The molecule has 0 aliphatic carbocycles. The molecule has 3 rings (SSSR count). The predicted octanol–water partition coefficient (Wildman–Crippen LogP) is 0.0142. The number of H-pyrrole nitrogens is 2. The highest BCUT2D eigenvalue weighted by atomic mass is 16.5. The van der Waals surface area contributed by atoms with E-state index in [4.69, 9.17) is 10.5 Å². The largest absolute Gasteiger partial charge is 0.379 e. The van der Waals surface area contributed by atoms with E-state index in [2.05, 4.69) is 9.97 Å². The third-order valence-electron chi connectivity index (χ3n) is 3.41. The lowest BCUT2D eigenvalue weighted by Gasteiger charge is -2.38. The van der Waals surface area contributed by atoms with Gasteiger partial charge in [0, 0.05) is 12.1 Å². The number of hydrogen-bond acceptors (Lipinski definition) is 4. The summed E-state index contributed by atoms with van der Waals surface area (Å²) in [5.74, 6) is -0.0276. The number of fused-ring (bicyclic) bond motifs is 1. The van der Waals surface area contributed by atoms with Gasteiger partial charge in [-0.1, -0.05) is 0 Å². The Kier molecular flexibility index (Phi) is 2.36. The van der Waals surface area contributed by atoms with E-state index in [9.17, 15) is 9.59 Å². The highest BCUT2D eigenvalue weighted by Crippen LogP contribution is 2.31. The second kappa shape index (κ2) is 3.79. The minimum absolute atomic E-state index is 0.0276. The molecule has 0 radical (unpaired) electrons. The molecule has 0 saturated carbocycles. The lowest BCUT2D eigenvalue weighted by molar-refractivity contribution is -0.0816. The SMILES string of the molecule is NCC1(C(=O)c2ccc3[nH]c(=O)[nH]c3c2)COC1. The topological polar surface area (TPSA) is 101 Å². The van der Waals surface area contributed by atoms with Crippen LogP contribution in [0.4, 0.5) is 0 Å². The molecule has 1 aromatic heterocycles. The van der Waals surface area contributed by atoms with E-state index in [-0.39, 0.29) is 18.0 Å². The van der Waals surface area contributed by atoms with Crippen molar-refractivity contribution in [3.05, 3.63) is 34.2 Å². The first-order chi connectivity index (χ1) is 8.64. The monoisotopic (exact) mass is 247 g/mol. The molecule has 1 fully saturated rings. The van der Waals surface area contributed by atoms with Gasteiger partial charge in [-0.25, -0.2) is 4.79 Å². The number of ether oxygens (including phenoxy) is 1. The standard InChI is InChI=1S/C12H13N3O3/c13-4-12(5-18-6-12)10(16)7-1-2-8-9(3-7)15-11(17)14-8/h1-3H,4-6,13H2,(H2,14,15,17). The zero-order chi connectivity index (χ0) is 12.8. The molecule has 1 saturated heterocycles. The summed E-state index contributed by atoms with van der Waals surface area (Å²) in [6.45, 7) is 1.00. The van der Waals surface area contributed by atoms with Crippen LogP contribution in [0.1, 0.15) is 10.4 Å². The summed E-state index contributed by atoms with van der Waals surface area (Å²) in [5.41, 5.74) is 6.64. The maximum atomic E-state index is 12.4. The van der Waals surface area contributed by atoms with Gasteiger partial charge in [0.15, 0.2) is 5.78 Å². The average Bonchev–Trinajstić information content (AvgIpc) is 2.67. The number of nitrogens with two attached hydrogens (primary N) is 1. The van der Waals surface area contributed by atoms with Crippen molar-refractivity contribution in [1.82, 2.24) is 9.97 Å². The number of carbonyl (C=O) groups is 1. The molecule has 4 N–H and O–H groups in total. The first-order valence-corrected chi connectivity index (χ1v) is 5.69. The van der Waals surface area contributed by atoms with Crippen LogP contribution in [0.2, 0.25) is 0 Å². The van der Waals surface area contributed by atoms with E-state index >= 15 is 0 Å². The molecule has 0 spiro atoms. The minimum Gasteiger partial charge on any atom is -0.379 e. The summed E-state index contributed by atoms with van der Waals surface area (Å²) in [6, 6.07) is 5.08. The molecule has 0 bridgehead atoms. The summed E-state index contributed by atoms with van der Waals surface area (Å²) in [4.78, 5) is 28.8. The van der Waals surface area contributed by atoms with Gasteiger partial charge >= 0.3 is 5.69 Å². The zero-order valence-electron chi connectivity index (χ0n) is 9.66. The third-order valence-corrected chi connectivity index (χ3v) is 3.41. The molecule has 6 nitrogen and oxygen atoms in total. The Balaban J connectivity index is 2.03. The first-order valence-electron chi connectivity index (χ1n) is 5.69. The second-order valence-electron chi connectivity index (χ2n) is 4.65. The van der Waals surface area contributed by atoms with Crippen molar-refractivity contribution in [2.45, 2.75) is 0 Å². The van der Waals surface area contributed by atoms with Crippen molar-refractivity contribution in [3.63, 3.8) is 0 Å². The van der Waals surface area contributed by atoms with Crippen LogP contribution in [0.25, 0.3) is 11.0 Å². The van der Waals surface area contributed by atoms with Crippen LogP contribution in [0.3, 0.4) is 0 Å². The van der Waals surface area contributed by atoms with Crippen LogP contribution < -0.4 is 11.4 Å². The summed E-state index contributed by atoms with van der Waals surface area (Å²) < 4.78 is 5.10. The quantitative estimate of drug-likeness (QED) is 0.665. The number of aromatic nitrogens is 2. The molecule has 18 heavy (non-hydrogen) atoms. The molecule has 94 valence electrons. The average molecular weight is 247 g/mol. The van der Waals surface area contributed by atoms with Gasteiger partial charge in [0.2, 0.25) is 0 Å². The van der Waals surface area contributed by atoms with Crippen LogP contribution in [-0.2, 0) is 4.74 Å². The lowest BCUT2D eigenvalue weighted by atomic mass is 9.78. The van der Waals surface area contributed by atoms with Gasteiger partial charge in [0.1, 0.15) is 0 Å². The van der Waals surface area contributed by atoms with Gasteiger partial charge in [-0.2, -0.15) is 0 Å². The van der Waals surface area contributed by atoms with Crippen LogP contribution in [0, 0.1) is 5.41 Å². The summed E-state index contributed by atoms with van der Waals surface area (Å²) in [6.07, 6.45) is 0. The number of aromatic amines is 2. The number of ketones is 1. The highest BCUT2D eigenvalue weighted by Gasteiger charge is 2.44. The van der Waals surface area contributed by atoms with Gasteiger partial charge < -0.3 is 20.4 Å². The van der Waals surface area contributed by atoms with Gasteiger partial charge in [-0.15, -0.1) is 0 Å². The molecule has 1 aliphatic rings. The first kappa shape index (κ1) is 11.2. The Hall–Kier alpha value is -1.92. The van der Waals surface area contributed by atoms with Crippen LogP contribution >= 0.6 is 0 Å². The minimum atomic E-state index is -0.593. The van der Waals surface area contributed by atoms with Crippen molar-refractivity contribution in [2.75, 3.05) is 19.8 Å². The molecule has 2 heterocycles. The van der Waals surface area contributed by atoms with Crippen LogP contribution in [0.15, 0.2) is 23.0 Å². The fraction of sp³-hybridized carbons (Fsp3) is 0.333. The van der Waals surface area contributed by atoms with E-state index in [0.29, 0.717) is 29.8 Å². The molecule has 6 heteroatoms. The van der Waals surface area contributed by atoms with E-state index in [0.717, 1.165) is 0 Å². The van der Waals surface area contributed by atoms with Crippen molar-refractivity contribution in [2.24, 2.45) is 11.1 Å². The number of carbonyl (C=O) groups excluding carboxylic acids is 1. The Bertz CT molecular complexity index is 661. The van der Waals surface area contributed by atoms with Crippen LogP contribution in [-0.4, -0.2) is 35.5 Å². The molecule has 0 amide bonds. The highest BCUT2D eigenvalue weighted by molar-refractivity contribution is 6.03. The van der Waals surface area contributed by atoms with Crippen molar-refractivity contribution >= 4 is 16.8 Å². The van der Waals surface area contributed by atoms with Crippen LogP contribution in [0.5, 0.6) is 0 Å². The van der Waals surface area contributed by atoms with Gasteiger partial charge in [-0.3, -0.25) is 4.79 Å². The van der Waals surface area contributed by atoms with Crippen molar-refractivity contribution in [1.29, 1.82) is 0 Å². The van der Waals surface area contributed by atoms with Gasteiger partial charge in [-0.05, 0) is 18.2 Å². The number of Topliss-reactive ketones (excluding diaryl/α,β-unsaturated/α-hetero) is 1.